The summed E-state index contributed by atoms with van der Waals surface area (Å²) >= 11 is 3.68. The van der Waals surface area contributed by atoms with Gasteiger partial charge in [-0.2, -0.15) is 0 Å². The molecule has 2 heteroatoms. The van der Waals surface area contributed by atoms with E-state index < -0.39 is 0 Å². The molecular formula is C14H20BrN. The number of nitrogens with one attached hydrogen (secondary N) is 1. The highest BCUT2D eigenvalue weighted by atomic mass is 79.9. The fraction of sp³-hybridized carbons (Fsp3) is 0.571. The zero-order chi connectivity index (χ0) is 11.6. The molecule has 0 radical (unpaired) electrons. The molecule has 0 saturated carbocycles. The Morgan fingerprint density at radius 3 is 2.81 bits per heavy atom. The molecule has 1 aliphatic heterocycles. The normalized spacial score (nSPS) is 24.9. The quantitative estimate of drug-likeness (QED) is 0.888. The summed E-state index contributed by atoms with van der Waals surface area (Å²) in [6.45, 7) is 5.61. The number of hydrogen-bond donors (Lipinski definition) is 1. The van der Waals surface area contributed by atoms with Crippen LogP contribution in [0, 0.1) is 6.92 Å². The molecule has 1 fully saturated rings. The second kappa shape index (κ2) is 4.89. The van der Waals surface area contributed by atoms with E-state index in [0.717, 1.165) is 6.42 Å². The van der Waals surface area contributed by atoms with Gasteiger partial charge in [0.05, 0.1) is 0 Å². The summed E-state index contributed by atoms with van der Waals surface area (Å²) in [5.74, 6) is 0. The van der Waals surface area contributed by atoms with Crippen LogP contribution in [0.15, 0.2) is 22.7 Å². The molecule has 1 heterocycles. The summed E-state index contributed by atoms with van der Waals surface area (Å²) in [5.41, 5.74) is 3.10. The maximum atomic E-state index is 3.69. The van der Waals surface area contributed by atoms with Gasteiger partial charge in [-0.15, -0.1) is 0 Å². The van der Waals surface area contributed by atoms with Gasteiger partial charge in [-0.05, 0) is 56.3 Å². The lowest BCUT2D eigenvalue weighted by Gasteiger charge is -2.28. The Morgan fingerprint density at radius 1 is 1.44 bits per heavy atom. The van der Waals surface area contributed by atoms with Crippen LogP contribution in [0.25, 0.3) is 0 Å². The molecule has 88 valence electrons. The van der Waals surface area contributed by atoms with E-state index in [2.05, 4.69) is 53.3 Å². The van der Waals surface area contributed by atoms with Gasteiger partial charge < -0.3 is 5.32 Å². The third-order valence-corrected chi connectivity index (χ3v) is 4.48. The standard InChI is InChI=1S/C14H20BrN/c1-3-14(7-4-8-16-14)10-12-6-5-11(2)9-13(12)15/h5-6,9,16H,3-4,7-8,10H2,1-2H3. The van der Waals surface area contributed by atoms with E-state index in [9.17, 15) is 0 Å². The van der Waals surface area contributed by atoms with E-state index in [1.165, 1.54) is 41.4 Å². The highest BCUT2D eigenvalue weighted by Gasteiger charge is 2.31. The molecule has 1 N–H and O–H groups in total. The van der Waals surface area contributed by atoms with Crippen molar-refractivity contribution < 1.29 is 0 Å². The number of benzene rings is 1. The van der Waals surface area contributed by atoms with E-state index in [1.807, 2.05) is 0 Å². The Hall–Kier alpha value is -0.340. The molecule has 2 rings (SSSR count). The first-order chi connectivity index (χ1) is 7.65. The molecule has 0 aliphatic carbocycles. The monoisotopic (exact) mass is 281 g/mol. The van der Waals surface area contributed by atoms with Crippen molar-refractivity contribution in [2.45, 2.75) is 45.1 Å². The van der Waals surface area contributed by atoms with Crippen LogP contribution in [0.1, 0.15) is 37.3 Å². The van der Waals surface area contributed by atoms with Crippen molar-refractivity contribution in [1.82, 2.24) is 5.32 Å². The van der Waals surface area contributed by atoms with E-state index in [-0.39, 0.29) is 0 Å². The minimum atomic E-state index is 0.345. The molecule has 0 bridgehead atoms. The van der Waals surface area contributed by atoms with Crippen LogP contribution >= 0.6 is 15.9 Å². The van der Waals surface area contributed by atoms with Gasteiger partial charge in [0.25, 0.3) is 0 Å². The molecule has 1 unspecified atom stereocenters. The summed E-state index contributed by atoms with van der Waals surface area (Å²) in [7, 11) is 0. The Kier molecular flexibility index (Phi) is 3.70. The molecule has 1 atom stereocenters. The van der Waals surface area contributed by atoms with Crippen LogP contribution < -0.4 is 5.32 Å². The van der Waals surface area contributed by atoms with Crippen molar-refractivity contribution >= 4 is 15.9 Å². The predicted molar refractivity (Wildman–Crippen MR) is 72.8 cm³/mol. The average molecular weight is 282 g/mol. The van der Waals surface area contributed by atoms with Gasteiger partial charge in [-0.25, -0.2) is 0 Å². The third kappa shape index (κ3) is 2.49. The van der Waals surface area contributed by atoms with Crippen molar-refractivity contribution in [3.8, 4) is 0 Å². The summed E-state index contributed by atoms with van der Waals surface area (Å²) in [4.78, 5) is 0. The van der Waals surface area contributed by atoms with Gasteiger partial charge in [0.1, 0.15) is 0 Å². The largest absolute Gasteiger partial charge is 0.311 e. The lowest BCUT2D eigenvalue weighted by Crippen LogP contribution is -2.41. The zero-order valence-electron chi connectivity index (χ0n) is 10.1. The second-order valence-corrected chi connectivity index (χ2v) is 5.79. The molecule has 1 nitrogen and oxygen atoms in total. The van der Waals surface area contributed by atoms with Crippen LogP contribution in [-0.4, -0.2) is 12.1 Å². The molecule has 1 aromatic rings. The maximum Gasteiger partial charge on any atom is 0.0220 e. The van der Waals surface area contributed by atoms with Gasteiger partial charge in [-0.1, -0.05) is 35.0 Å². The van der Waals surface area contributed by atoms with Crippen molar-refractivity contribution in [1.29, 1.82) is 0 Å². The van der Waals surface area contributed by atoms with E-state index in [1.54, 1.807) is 0 Å². The summed E-state index contributed by atoms with van der Waals surface area (Å²) in [5, 5.41) is 3.69. The summed E-state index contributed by atoms with van der Waals surface area (Å²) in [6.07, 6.45) is 4.98. The summed E-state index contributed by atoms with van der Waals surface area (Å²) in [6, 6.07) is 6.68. The maximum absolute atomic E-state index is 3.69. The number of rotatable bonds is 3. The van der Waals surface area contributed by atoms with Crippen LogP contribution in [-0.2, 0) is 6.42 Å². The minimum absolute atomic E-state index is 0.345. The first-order valence-electron chi connectivity index (χ1n) is 6.15. The van der Waals surface area contributed by atoms with Crippen LogP contribution in [0.2, 0.25) is 0 Å². The first kappa shape index (κ1) is 12.1. The number of halogens is 1. The highest BCUT2D eigenvalue weighted by molar-refractivity contribution is 9.10. The lowest BCUT2D eigenvalue weighted by atomic mass is 9.87. The van der Waals surface area contributed by atoms with E-state index >= 15 is 0 Å². The third-order valence-electron chi connectivity index (χ3n) is 3.75. The van der Waals surface area contributed by atoms with Crippen molar-refractivity contribution in [2.75, 3.05) is 6.54 Å². The van der Waals surface area contributed by atoms with Crippen LogP contribution in [0.4, 0.5) is 0 Å². The molecule has 1 saturated heterocycles. The SMILES string of the molecule is CCC1(Cc2ccc(C)cc2Br)CCCN1. The fourth-order valence-electron chi connectivity index (χ4n) is 2.61. The van der Waals surface area contributed by atoms with Crippen molar-refractivity contribution in [2.24, 2.45) is 0 Å². The second-order valence-electron chi connectivity index (χ2n) is 4.94. The average Bonchev–Trinajstić information content (AvgIpc) is 2.72. The Balaban J connectivity index is 2.19. The molecular weight excluding hydrogens is 262 g/mol. The molecule has 16 heavy (non-hydrogen) atoms. The van der Waals surface area contributed by atoms with Crippen molar-refractivity contribution in [3.05, 3.63) is 33.8 Å². The Morgan fingerprint density at radius 2 is 2.25 bits per heavy atom. The predicted octanol–water partition coefficient (Wildman–Crippen LogP) is 3.83. The van der Waals surface area contributed by atoms with Crippen LogP contribution in [0.3, 0.4) is 0 Å². The minimum Gasteiger partial charge on any atom is -0.311 e. The highest BCUT2D eigenvalue weighted by Crippen LogP contribution is 2.30. The zero-order valence-corrected chi connectivity index (χ0v) is 11.7. The lowest BCUT2D eigenvalue weighted by molar-refractivity contribution is 0.359. The molecule has 0 aromatic heterocycles. The van der Waals surface area contributed by atoms with Gasteiger partial charge in [-0.3, -0.25) is 0 Å². The Bertz CT molecular complexity index is 367. The smallest absolute Gasteiger partial charge is 0.0220 e. The van der Waals surface area contributed by atoms with Gasteiger partial charge in [0, 0.05) is 10.0 Å². The van der Waals surface area contributed by atoms with Gasteiger partial charge >= 0.3 is 0 Å². The van der Waals surface area contributed by atoms with Gasteiger partial charge in [0.15, 0.2) is 0 Å². The topological polar surface area (TPSA) is 12.0 Å². The summed E-state index contributed by atoms with van der Waals surface area (Å²) < 4.78 is 1.26. The number of hydrogen-bond acceptors (Lipinski definition) is 1. The van der Waals surface area contributed by atoms with E-state index in [4.69, 9.17) is 0 Å². The van der Waals surface area contributed by atoms with E-state index in [0.29, 0.717) is 5.54 Å². The number of aryl methyl sites for hydroxylation is 1. The van der Waals surface area contributed by atoms with Crippen molar-refractivity contribution in [3.63, 3.8) is 0 Å². The Labute approximate surface area is 107 Å². The first-order valence-corrected chi connectivity index (χ1v) is 6.94. The van der Waals surface area contributed by atoms with Crippen LogP contribution in [0.5, 0.6) is 0 Å². The van der Waals surface area contributed by atoms with Gasteiger partial charge in [0.2, 0.25) is 0 Å². The molecule has 0 amide bonds. The molecule has 1 aromatic carbocycles. The molecule has 1 aliphatic rings. The molecule has 0 spiro atoms. The fourth-order valence-corrected chi connectivity index (χ4v) is 3.24.